The molecule has 82 valence electrons. The van der Waals surface area contributed by atoms with Gasteiger partial charge in [-0.25, -0.2) is 4.79 Å². The van der Waals surface area contributed by atoms with Crippen molar-refractivity contribution in [1.29, 1.82) is 0 Å². The molecule has 0 bridgehead atoms. The summed E-state index contributed by atoms with van der Waals surface area (Å²) in [4.78, 5) is 10.6. The van der Waals surface area contributed by atoms with E-state index in [4.69, 9.17) is 14.7 Å². The largest absolute Gasteiger partial charge is 0.504 e. The molecular formula is C10H7NO5. The van der Waals surface area contributed by atoms with Crippen LogP contribution in [-0.2, 0) is 0 Å². The van der Waals surface area contributed by atoms with Crippen molar-refractivity contribution in [3.8, 4) is 22.8 Å². The highest BCUT2D eigenvalue weighted by Gasteiger charge is 2.13. The van der Waals surface area contributed by atoms with E-state index in [2.05, 4.69) is 5.16 Å². The molecule has 0 saturated carbocycles. The number of rotatable bonds is 2. The average molecular weight is 221 g/mol. The summed E-state index contributed by atoms with van der Waals surface area (Å²) in [5, 5.41) is 30.3. The topological polar surface area (TPSA) is 104 Å². The van der Waals surface area contributed by atoms with Crippen LogP contribution in [0.3, 0.4) is 0 Å². The fourth-order valence-corrected chi connectivity index (χ4v) is 1.19. The minimum Gasteiger partial charge on any atom is -0.504 e. The first-order valence-corrected chi connectivity index (χ1v) is 4.30. The maximum Gasteiger partial charge on any atom is 0.358 e. The predicted molar refractivity (Wildman–Crippen MR) is 52.2 cm³/mol. The lowest BCUT2D eigenvalue weighted by atomic mass is 10.1. The van der Waals surface area contributed by atoms with E-state index in [1.807, 2.05) is 0 Å². The fraction of sp³-hybridized carbons (Fsp3) is 0. The highest BCUT2D eigenvalue weighted by atomic mass is 16.5. The fourth-order valence-electron chi connectivity index (χ4n) is 1.19. The zero-order chi connectivity index (χ0) is 11.7. The number of phenols is 2. The van der Waals surface area contributed by atoms with Gasteiger partial charge in [0.2, 0.25) is 0 Å². The van der Waals surface area contributed by atoms with E-state index >= 15 is 0 Å². The quantitative estimate of drug-likeness (QED) is 0.663. The van der Waals surface area contributed by atoms with Crippen LogP contribution in [0.15, 0.2) is 28.8 Å². The Morgan fingerprint density at radius 2 is 1.94 bits per heavy atom. The number of benzene rings is 1. The Morgan fingerprint density at radius 1 is 1.19 bits per heavy atom. The summed E-state index contributed by atoms with van der Waals surface area (Å²) < 4.78 is 4.78. The van der Waals surface area contributed by atoms with E-state index in [1.54, 1.807) is 0 Å². The van der Waals surface area contributed by atoms with Gasteiger partial charge in [0.1, 0.15) is 0 Å². The van der Waals surface area contributed by atoms with Crippen LogP contribution in [0.5, 0.6) is 11.5 Å². The van der Waals surface area contributed by atoms with Gasteiger partial charge in [-0.15, -0.1) is 0 Å². The van der Waals surface area contributed by atoms with E-state index in [9.17, 15) is 9.90 Å². The number of aromatic carboxylic acids is 1. The standard InChI is InChI=1S/C10H7NO5/c12-7-2-1-5(3-8(7)13)9-4-6(10(14)15)11-16-9/h1-4,12-13H,(H,14,15). The molecule has 2 rings (SSSR count). The highest BCUT2D eigenvalue weighted by molar-refractivity contribution is 5.86. The Balaban J connectivity index is 2.42. The maximum atomic E-state index is 10.6. The van der Waals surface area contributed by atoms with Crippen LogP contribution in [0.2, 0.25) is 0 Å². The van der Waals surface area contributed by atoms with Gasteiger partial charge in [-0.05, 0) is 18.2 Å². The van der Waals surface area contributed by atoms with Crippen LogP contribution in [0.4, 0.5) is 0 Å². The van der Waals surface area contributed by atoms with Gasteiger partial charge in [0.15, 0.2) is 23.0 Å². The first-order chi connectivity index (χ1) is 7.58. The molecule has 0 saturated heterocycles. The molecule has 6 nitrogen and oxygen atoms in total. The second kappa shape index (κ2) is 3.58. The molecule has 0 aliphatic carbocycles. The van der Waals surface area contributed by atoms with Gasteiger partial charge >= 0.3 is 5.97 Å². The van der Waals surface area contributed by atoms with Gasteiger partial charge in [0.25, 0.3) is 0 Å². The van der Waals surface area contributed by atoms with E-state index in [0.717, 1.165) is 0 Å². The van der Waals surface area contributed by atoms with Crippen molar-refractivity contribution < 1.29 is 24.6 Å². The van der Waals surface area contributed by atoms with Crippen molar-refractivity contribution in [2.75, 3.05) is 0 Å². The van der Waals surface area contributed by atoms with Gasteiger partial charge in [0.05, 0.1) is 0 Å². The number of hydrogen-bond acceptors (Lipinski definition) is 5. The summed E-state index contributed by atoms with van der Waals surface area (Å²) in [7, 11) is 0. The number of carboxylic acids is 1. The van der Waals surface area contributed by atoms with E-state index in [1.165, 1.54) is 24.3 Å². The third-order valence-electron chi connectivity index (χ3n) is 1.99. The summed E-state index contributed by atoms with van der Waals surface area (Å²) in [5.74, 6) is -1.57. The molecule has 3 N–H and O–H groups in total. The van der Waals surface area contributed by atoms with Gasteiger partial charge in [-0.2, -0.15) is 0 Å². The summed E-state index contributed by atoms with van der Waals surface area (Å²) in [6.07, 6.45) is 0. The molecule has 0 aliphatic heterocycles. The van der Waals surface area contributed by atoms with E-state index < -0.39 is 5.97 Å². The second-order valence-corrected chi connectivity index (χ2v) is 3.09. The highest BCUT2D eigenvalue weighted by Crippen LogP contribution is 2.30. The number of phenolic OH excluding ortho intramolecular Hbond substituents is 2. The minimum absolute atomic E-state index is 0.202. The summed E-state index contributed by atoms with van der Waals surface area (Å²) in [6, 6.07) is 5.23. The Morgan fingerprint density at radius 3 is 2.50 bits per heavy atom. The van der Waals surface area contributed by atoms with Crippen molar-refractivity contribution in [2.45, 2.75) is 0 Å². The maximum absolute atomic E-state index is 10.6. The Bertz CT molecular complexity index is 546. The number of nitrogens with zero attached hydrogens (tertiary/aromatic N) is 1. The molecule has 0 amide bonds. The number of hydrogen-bond donors (Lipinski definition) is 3. The molecule has 2 aromatic rings. The minimum atomic E-state index is -1.20. The average Bonchev–Trinajstić information content (AvgIpc) is 2.71. The van der Waals surface area contributed by atoms with Crippen LogP contribution >= 0.6 is 0 Å². The molecule has 1 heterocycles. The molecule has 0 aliphatic rings. The van der Waals surface area contributed by atoms with Gasteiger partial charge in [-0.3, -0.25) is 0 Å². The van der Waals surface area contributed by atoms with E-state index in [0.29, 0.717) is 5.56 Å². The summed E-state index contributed by atoms with van der Waals surface area (Å²) in [6.45, 7) is 0. The van der Waals surface area contributed by atoms with Gasteiger partial charge in [0, 0.05) is 11.6 Å². The molecule has 0 radical (unpaired) electrons. The lowest BCUT2D eigenvalue weighted by molar-refractivity contribution is 0.0686. The summed E-state index contributed by atoms with van der Waals surface area (Å²) in [5.41, 5.74) is 0.206. The SMILES string of the molecule is O=C(O)c1cc(-c2ccc(O)c(O)c2)on1. The van der Waals surface area contributed by atoms with Crippen LogP contribution in [-0.4, -0.2) is 26.4 Å². The summed E-state index contributed by atoms with van der Waals surface area (Å²) >= 11 is 0. The Labute approximate surface area is 89.4 Å². The molecular weight excluding hydrogens is 214 g/mol. The molecule has 1 aromatic heterocycles. The zero-order valence-corrected chi connectivity index (χ0v) is 7.91. The second-order valence-electron chi connectivity index (χ2n) is 3.09. The van der Waals surface area contributed by atoms with Crippen molar-refractivity contribution in [3.05, 3.63) is 30.0 Å². The van der Waals surface area contributed by atoms with Crippen LogP contribution in [0.25, 0.3) is 11.3 Å². The molecule has 0 spiro atoms. The first kappa shape index (κ1) is 10.0. The molecule has 0 atom stereocenters. The Hall–Kier alpha value is -2.50. The molecule has 0 unspecified atom stereocenters. The van der Waals surface area contributed by atoms with Crippen LogP contribution in [0.1, 0.15) is 10.5 Å². The molecule has 16 heavy (non-hydrogen) atoms. The number of aromatic nitrogens is 1. The van der Waals surface area contributed by atoms with Gasteiger partial charge in [-0.1, -0.05) is 5.16 Å². The van der Waals surface area contributed by atoms with Crippen molar-refractivity contribution in [2.24, 2.45) is 0 Å². The van der Waals surface area contributed by atoms with E-state index in [-0.39, 0.29) is 23.0 Å². The van der Waals surface area contributed by atoms with Crippen LogP contribution < -0.4 is 0 Å². The van der Waals surface area contributed by atoms with Crippen LogP contribution in [0, 0.1) is 0 Å². The van der Waals surface area contributed by atoms with Gasteiger partial charge < -0.3 is 19.8 Å². The monoisotopic (exact) mass is 221 g/mol. The molecule has 1 aromatic carbocycles. The number of carboxylic acid groups (broad SMARTS) is 1. The lowest BCUT2D eigenvalue weighted by Crippen LogP contribution is -1.94. The third kappa shape index (κ3) is 1.68. The zero-order valence-electron chi connectivity index (χ0n) is 7.91. The smallest absolute Gasteiger partial charge is 0.358 e. The molecule has 6 heteroatoms. The first-order valence-electron chi connectivity index (χ1n) is 4.30. The number of aromatic hydroxyl groups is 2. The molecule has 0 fully saturated rings. The van der Waals surface area contributed by atoms with Crippen molar-refractivity contribution in [1.82, 2.24) is 5.16 Å². The van der Waals surface area contributed by atoms with Crippen molar-refractivity contribution in [3.63, 3.8) is 0 Å². The third-order valence-corrected chi connectivity index (χ3v) is 1.99. The predicted octanol–water partition coefficient (Wildman–Crippen LogP) is 1.45. The number of carbonyl (C=O) groups is 1. The Kier molecular flexibility index (Phi) is 2.24. The lowest BCUT2D eigenvalue weighted by Gasteiger charge is -1.98. The normalized spacial score (nSPS) is 10.2. The van der Waals surface area contributed by atoms with Crippen molar-refractivity contribution >= 4 is 5.97 Å².